The number of ether oxygens (including phenoxy) is 1. The molecule has 120 valence electrons. The summed E-state index contributed by atoms with van der Waals surface area (Å²) >= 11 is 5.88. The minimum atomic E-state index is -0.354. The Bertz CT molecular complexity index is 694. The molecule has 1 heterocycles. The minimum absolute atomic E-state index is 0.218. The molecular formula is C15H15ClN4O3. The second-order valence-electron chi connectivity index (χ2n) is 4.45. The van der Waals surface area contributed by atoms with E-state index in [2.05, 4.69) is 20.6 Å². The molecule has 0 aliphatic rings. The Morgan fingerprint density at radius 2 is 1.91 bits per heavy atom. The van der Waals surface area contributed by atoms with E-state index in [0.29, 0.717) is 16.3 Å². The van der Waals surface area contributed by atoms with E-state index in [1.807, 2.05) is 0 Å². The van der Waals surface area contributed by atoms with Crippen LogP contribution in [-0.4, -0.2) is 42.0 Å². The molecule has 0 saturated heterocycles. The van der Waals surface area contributed by atoms with Crippen LogP contribution in [0, 0.1) is 0 Å². The highest BCUT2D eigenvalue weighted by atomic mass is 35.5. The molecule has 2 N–H and O–H groups in total. The van der Waals surface area contributed by atoms with Crippen molar-refractivity contribution in [3.05, 3.63) is 53.1 Å². The average Bonchev–Trinajstić information content (AvgIpc) is 2.59. The Morgan fingerprint density at radius 1 is 1.17 bits per heavy atom. The second kappa shape index (κ2) is 8.09. The maximum Gasteiger partial charge on any atom is 0.271 e. The summed E-state index contributed by atoms with van der Waals surface area (Å²) < 4.78 is 5.12. The monoisotopic (exact) mass is 334 g/mol. The zero-order valence-electron chi connectivity index (χ0n) is 12.4. The van der Waals surface area contributed by atoms with Gasteiger partial charge in [0.2, 0.25) is 0 Å². The Kier molecular flexibility index (Phi) is 5.87. The lowest BCUT2D eigenvalue weighted by Gasteiger charge is -2.10. The van der Waals surface area contributed by atoms with Gasteiger partial charge in [-0.3, -0.25) is 14.6 Å². The van der Waals surface area contributed by atoms with E-state index in [-0.39, 0.29) is 30.6 Å². The van der Waals surface area contributed by atoms with Crippen molar-refractivity contribution in [1.29, 1.82) is 0 Å². The summed E-state index contributed by atoms with van der Waals surface area (Å²) in [4.78, 5) is 31.5. The first-order chi connectivity index (χ1) is 11.1. The van der Waals surface area contributed by atoms with Crippen molar-refractivity contribution in [1.82, 2.24) is 20.6 Å². The molecule has 0 fully saturated rings. The van der Waals surface area contributed by atoms with Crippen LogP contribution >= 0.6 is 11.6 Å². The van der Waals surface area contributed by atoms with Crippen LogP contribution in [0.1, 0.15) is 20.8 Å². The van der Waals surface area contributed by atoms with Crippen LogP contribution in [0.4, 0.5) is 0 Å². The first-order valence-corrected chi connectivity index (χ1v) is 7.15. The fraction of sp³-hybridized carbons (Fsp3) is 0.200. The van der Waals surface area contributed by atoms with Crippen LogP contribution in [0.15, 0.2) is 36.8 Å². The summed E-state index contributed by atoms with van der Waals surface area (Å²) in [5.41, 5.74) is 0.551. The number of aromatic nitrogens is 2. The lowest BCUT2D eigenvalue weighted by molar-refractivity contribution is 0.0923. The molecule has 0 aliphatic heterocycles. The Hall–Kier alpha value is -2.67. The SMILES string of the molecule is COc1ccc(Cl)cc1C(=O)NCCNC(=O)c1cnccn1. The van der Waals surface area contributed by atoms with Gasteiger partial charge in [-0.2, -0.15) is 0 Å². The fourth-order valence-electron chi connectivity index (χ4n) is 1.81. The minimum Gasteiger partial charge on any atom is -0.496 e. The van der Waals surface area contributed by atoms with Crippen LogP contribution in [0.25, 0.3) is 0 Å². The van der Waals surface area contributed by atoms with Gasteiger partial charge < -0.3 is 15.4 Å². The first kappa shape index (κ1) is 16.7. The summed E-state index contributed by atoms with van der Waals surface area (Å²) in [6.07, 6.45) is 4.28. The molecule has 2 amide bonds. The van der Waals surface area contributed by atoms with Gasteiger partial charge in [0, 0.05) is 30.5 Å². The molecule has 8 heteroatoms. The average molecular weight is 335 g/mol. The van der Waals surface area contributed by atoms with E-state index in [9.17, 15) is 9.59 Å². The highest BCUT2D eigenvalue weighted by Gasteiger charge is 2.12. The number of carbonyl (C=O) groups is 2. The van der Waals surface area contributed by atoms with Crippen LogP contribution in [0.5, 0.6) is 5.75 Å². The lowest BCUT2D eigenvalue weighted by atomic mass is 10.2. The maximum atomic E-state index is 12.1. The van der Waals surface area contributed by atoms with E-state index in [1.54, 1.807) is 12.1 Å². The second-order valence-corrected chi connectivity index (χ2v) is 4.88. The summed E-state index contributed by atoms with van der Waals surface area (Å²) in [5.74, 6) is -0.263. The third-order valence-corrected chi connectivity index (χ3v) is 3.13. The zero-order valence-corrected chi connectivity index (χ0v) is 13.1. The molecule has 7 nitrogen and oxygen atoms in total. The number of nitrogens with one attached hydrogen (secondary N) is 2. The molecule has 1 aromatic heterocycles. The quantitative estimate of drug-likeness (QED) is 0.777. The lowest BCUT2D eigenvalue weighted by Crippen LogP contribution is -2.35. The van der Waals surface area contributed by atoms with Crippen molar-refractivity contribution in [2.24, 2.45) is 0 Å². The maximum absolute atomic E-state index is 12.1. The number of nitrogens with zero attached hydrogens (tertiary/aromatic N) is 2. The summed E-state index contributed by atoms with van der Waals surface area (Å²) in [6.45, 7) is 0.504. The van der Waals surface area contributed by atoms with Gasteiger partial charge in [0.15, 0.2) is 0 Å². The van der Waals surface area contributed by atoms with Gasteiger partial charge in [0.05, 0.1) is 18.9 Å². The third-order valence-electron chi connectivity index (χ3n) is 2.90. The van der Waals surface area contributed by atoms with Gasteiger partial charge in [-0.05, 0) is 18.2 Å². The molecular weight excluding hydrogens is 320 g/mol. The van der Waals surface area contributed by atoms with Gasteiger partial charge in [0.1, 0.15) is 11.4 Å². The van der Waals surface area contributed by atoms with Crippen molar-refractivity contribution in [2.75, 3.05) is 20.2 Å². The predicted molar refractivity (Wildman–Crippen MR) is 84.7 cm³/mol. The van der Waals surface area contributed by atoms with E-state index in [1.165, 1.54) is 31.8 Å². The molecule has 0 bridgehead atoms. The molecule has 2 rings (SSSR count). The molecule has 0 aliphatic carbocycles. The van der Waals surface area contributed by atoms with Crippen molar-refractivity contribution < 1.29 is 14.3 Å². The zero-order chi connectivity index (χ0) is 16.7. The molecule has 0 saturated carbocycles. The standard InChI is InChI=1S/C15H15ClN4O3/c1-23-13-3-2-10(16)8-11(13)14(21)19-6-7-20-15(22)12-9-17-4-5-18-12/h2-5,8-9H,6-7H2,1H3,(H,19,21)(H,20,22). The van der Waals surface area contributed by atoms with Gasteiger partial charge >= 0.3 is 0 Å². The number of hydrogen-bond donors (Lipinski definition) is 2. The molecule has 23 heavy (non-hydrogen) atoms. The number of rotatable bonds is 6. The summed E-state index contributed by atoms with van der Waals surface area (Å²) in [7, 11) is 1.47. The van der Waals surface area contributed by atoms with Gasteiger partial charge in [-0.25, -0.2) is 4.98 Å². The Balaban J connectivity index is 1.84. The first-order valence-electron chi connectivity index (χ1n) is 6.77. The fourth-order valence-corrected chi connectivity index (χ4v) is 1.98. The normalized spacial score (nSPS) is 10.0. The van der Waals surface area contributed by atoms with Crippen LogP contribution in [0.3, 0.4) is 0 Å². The number of hydrogen-bond acceptors (Lipinski definition) is 5. The van der Waals surface area contributed by atoms with Crippen molar-refractivity contribution in [3.63, 3.8) is 0 Å². The Morgan fingerprint density at radius 3 is 2.57 bits per heavy atom. The van der Waals surface area contributed by atoms with Crippen LogP contribution in [-0.2, 0) is 0 Å². The van der Waals surface area contributed by atoms with Gasteiger partial charge in [-0.15, -0.1) is 0 Å². The van der Waals surface area contributed by atoms with E-state index >= 15 is 0 Å². The molecule has 0 radical (unpaired) electrons. The van der Waals surface area contributed by atoms with Crippen molar-refractivity contribution >= 4 is 23.4 Å². The molecule has 2 aromatic rings. The highest BCUT2D eigenvalue weighted by Crippen LogP contribution is 2.22. The molecule has 0 unspecified atom stereocenters. The molecule has 0 spiro atoms. The number of carbonyl (C=O) groups excluding carboxylic acids is 2. The molecule has 1 aromatic carbocycles. The topological polar surface area (TPSA) is 93.2 Å². The van der Waals surface area contributed by atoms with Crippen molar-refractivity contribution in [2.45, 2.75) is 0 Å². The molecule has 0 atom stereocenters. The third kappa shape index (κ3) is 4.65. The van der Waals surface area contributed by atoms with Crippen LogP contribution < -0.4 is 15.4 Å². The Labute approximate surface area is 138 Å². The van der Waals surface area contributed by atoms with E-state index in [0.717, 1.165) is 0 Å². The number of methoxy groups -OCH3 is 1. The smallest absolute Gasteiger partial charge is 0.271 e. The highest BCUT2D eigenvalue weighted by molar-refractivity contribution is 6.31. The largest absolute Gasteiger partial charge is 0.496 e. The number of amides is 2. The summed E-state index contributed by atoms with van der Waals surface area (Å²) in [5, 5.41) is 5.75. The van der Waals surface area contributed by atoms with Crippen molar-refractivity contribution in [3.8, 4) is 5.75 Å². The predicted octanol–water partition coefficient (Wildman–Crippen LogP) is 1.30. The summed E-state index contributed by atoms with van der Waals surface area (Å²) in [6, 6.07) is 4.78. The van der Waals surface area contributed by atoms with Gasteiger partial charge in [0.25, 0.3) is 11.8 Å². The van der Waals surface area contributed by atoms with Gasteiger partial charge in [-0.1, -0.05) is 11.6 Å². The number of halogens is 1. The number of benzene rings is 1. The van der Waals surface area contributed by atoms with Crippen LogP contribution in [0.2, 0.25) is 5.02 Å². The van der Waals surface area contributed by atoms with E-state index in [4.69, 9.17) is 16.3 Å². The van der Waals surface area contributed by atoms with E-state index < -0.39 is 0 Å².